The van der Waals surface area contributed by atoms with E-state index in [1.54, 1.807) is 0 Å². The van der Waals surface area contributed by atoms with Gasteiger partial charge in [0.15, 0.2) is 11.5 Å². The van der Waals surface area contributed by atoms with Crippen molar-refractivity contribution in [1.29, 1.82) is 0 Å². The molecule has 1 saturated heterocycles. The maximum absolute atomic E-state index is 12.6. The van der Waals surface area contributed by atoms with Gasteiger partial charge in [-0.05, 0) is 61.7 Å². The van der Waals surface area contributed by atoms with E-state index in [2.05, 4.69) is 22.3 Å². The van der Waals surface area contributed by atoms with Crippen LogP contribution in [-0.2, 0) is 4.79 Å². The third kappa shape index (κ3) is 4.26. The van der Waals surface area contributed by atoms with Crippen molar-refractivity contribution >= 4 is 17.5 Å². The van der Waals surface area contributed by atoms with Gasteiger partial charge >= 0.3 is 0 Å². The van der Waals surface area contributed by atoms with E-state index in [9.17, 15) is 4.79 Å². The number of hydrogen-bond donors (Lipinski definition) is 1. The Labute approximate surface area is 170 Å². The molecule has 2 aliphatic rings. The number of fused-ring (bicyclic) bond motifs is 1. The van der Waals surface area contributed by atoms with Gasteiger partial charge in [-0.15, -0.1) is 0 Å². The summed E-state index contributed by atoms with van der Waals surface area (Å²) in [7, 11) is 0. The smallest absolute Gasteiger partial charge is 0.234 e. The molecular formula is C22H25ClN2O3. The number of likely N-dealkylation sites (tertiary alicyclic amines) is 1. The third-order valence-electron chi connectivity index (χ3n) is 5.41. The Hall–Kier alpha value is -2.24. The number of carbonyl (C=O) groups excluding carboxylic acids is 1. The Morgan fingerprint density at radius 1 is 1.18 bits per heavy atom. The summed E-state index contributed by atoms with van der Waals surface area (Å²) in [5, 5.41) is 3.79. The Balaban J connectivity index is 1.39. The standard InChI is InChI=1S/C22H25ClN2O3/c1-15(16-4-7-18(23)8-5-16)24-22(26)14-25-10-2-3-19(25)17-6-9-20-21(13-17)28-12-11-27-20/h4-9,13,15,19H,2-3,10-12,14H2,1H3,(H,24,26)/t15-,19+/m0/s1. The lowest BCUT2D eigenvalue weighted by molar-refractivity contribution is -0.123. The van der Waals surface area contributed by atoms with Crippen molar-refractivity contribution in [2.45, 2.75) is 31.8 Å². The second kappa shape index (κ2) is 8.41. The van der Waals surface area contributed by atoms with Crippen LogP contribution in [0.3, 0.4) is 0 Å². The molecular weight excluding hydrogens is 376 g/mol. The predicted octanol–water partition coefficient (Wildman–Crippen LogP) is 4.13. The number of ether oxygens (including phenoxy) is 2. The Bertz CT molecular complexity index is 840. The SMILES string of the molecule is C[C@H](NC(=O)CN1CCC[C@@H]1c1ccc2c(c1)OCCO2)c1ccc(Cl)cc1. The summed E-state index contributed by atoms with van der Waals surface area (Å²) in [5.74, 6) is 1.64. The van der Waals surface area contributed by atoms with Crippen LogP contribution >= 0.6 is 11.6 Å². The molecule has 0 bridgehead atoms. The first-order valence-corrected chi connectivity index (χ1v) is 10.2. The molecule has 2 aromatic carbocycles. The number of rotatable bonds is 5. The van der Waals surface area contributed by atoms with Crippen LogP contribution < -0.4 is 14.8 Å². The number of nitrogens with one attached hydrogen (secondary N) is 1. The number of nitrogens with zero attached hydrogens (tertiary/aromatic N) is 1. The number of hydrogen-bond acceptors (Lipinski definition) is 4. The van der Waals surface area contributed by atoms with Crippen LogP contribution in [0.15, 0.2) is 42.5 Å². The van der Waals surface area contributed by atoms with Crippen LogP contribution in [0.5, 0.6) is 11.5 Å². The number of carbonyl (C=O) groups is 1. The molecule has 0 saturated carbocycles. The third-order valence-corrected chi connectivity index (χ3v) is 5.66. The quantitative estimate of drug-likeness (QED) is 0.820. The molecule has 0 radical (unpaired) electrons. The Kier molecular flexibility index (Phi) is 5.74. The van der Waals surface area contributed by atoms with E-state index >= 15 is 0 Å². The van der Waals surface area contributed by atoms with Gasteiger partial charge in [0, 0.05) is 11.1 Å². The Morgan fingerprint density at radius 3 is 2.71 bits per heavy atom. The fraction of sp³-hybridized carbons (Fsp3) is 0.409. The highest BCUT2D eigenvalue weighted by atomic mass is 35.5. The topological polar surface area (TPSA) is 50.8 Å². The van der Waals surface area contributed by atoms with Gasteiger partial charge in [-0.25, -0.2) is 0 Å². The number of benzene rings is 2. The summed E-state index contributed by atoms with van der Waals surface area (Å²) in [6.07, 6.45) is 2.12. The van der Waals surface area contributed by atoms with E-state index in [1.807, 2.05) is 37.3 Å². The fourth-order valence-electron chi connectivity index (χ4n) is 3.97. The van der Waals surface area contributed by atoms with Crippen molar-refractivity contribution in [3.63, 3.8) is 0 Å². The van der Waals surface area contributed by atoms with E-state index < -0.39 is 0 Å². The summed E-state index contributed by atoms with van der Waals surface area (Å²) in [5.41, 5.74) is 2.22. The first kappa shape index (κ1) is 19.1. The van der Waals surface area contributed by atoms with Crippen LogP contribution in [0.1, 0.15) is 43.0 Å². The summed E-state index contributed by atoms with van der Waals surface area (Å²) in [4.78, 5) is 14.9. The lowest BCUT2D eigenvalue weighted by Gasteiger charge is -2.26. The molecule has 1 amide bonds. The van der Waals surface area contributed by atoms with E-state index in [4.69, 9.17) is 21.1 Å². The normalized spacial score (nSPS) is 20.0. The zero-order chi connectivity index (χ0) is 19.5. The molecule has 2 atom stereocenters. The molecule has 0 aliphatic carbocycles. The summed E-state index contributed by atoms with van der Waals surface area (Å²) < 4.78 is 11.3. The average molecular weight is 401 g/mol. The van der Waals surface area contributed by atoms with Crippen molar-refractivity contribution < 1.29 is 14.3 Å². The molecule has 0 spiro atoms. The average Bonchev–Trinajstić information content (AvgIpc) is 3.16. The van der Waals surface area contributed by atoms with Gasteiger partial charge < -0.3 is 14.8 Å². The van der Waals surface area contributed by atoms with Crippen molar-refractivity contribution in [3.8, 4) is 11.5 Å². The lowest BCUT2D eigenvalue weighted by atomic mass is 10.0. The maximum Gasteiger partial charge on any atom is 0.234 e. The second-order valence-electron chi connectivity index (χ2n) is 7.37. The highest BCUT2D eigenvalue weighted by molar-refractivity contribution is 6.30. The van der Waals surface area contributed by atoms with Crippen LogP contribution in [0.2, 0.25) is 5.02 Å². The lowest BCUT2D eigenvalue weighted by Crippen LogP contribution is -2.38. The largest absolute Gasteiger partial charge is 0.486 e. The summed E-state index contributed by atoms with van der Waals surface area (Å²) in [6, 6.07) is 13.9. The molecule has 148 valence electrons. The zero-order valence-electron chi connectivity index (χ0n) is 16.0. The van der Waals surface area contributed by atoms with Crippen molar-refractivity contribution in [2.24, 2.45) is 0 Å². The molecule has 0 aromatic heterocycles. The van der Waals surface area contributed by atoms with E-state index in [-0.39, 0.29) is 18.0 Å². The molecule has 2 heterocycles. The predicted molar refractivity (Wildman–Crippen MR) is 109 cm³/mol. The molecule has 6 heteroatoms. The van der Waals surface area contributed by atoms with Crippen LogP contribution in [0.4, 0.5) is 0 Å². The maximum atomic E-state index is 12.6. The Morgan fingerprint density at radius 2 is 1.93 bits per heavy atom. The van der Waals surface area contributed by atoms with Gasteiger partial charge in [-0.2, -0.15) is 0 Å². The van der Waals surface area contributed by atoms with Gasteiger partial charge in [0.1, 0.15) is 13.2 Å². The molecule has 1 fully saturated rings. The van der Waals surface area contributed by atoms with Gasteiger partial charge in [0.25, 0.3) is 0 Å². The highest BCUT2D eigenvalue weighted by Crippen LogP contribution is 2.37. The second-order valence-corrected chi connectivity index (χ2v) is 7.81. The molecule has 1 N–H and O–H groups in total. The molecule has 4 rings (SSSR count). The molecule has 0 unspecified atom stereocenters. The van der Waals surface area contributed by atoms with Gasteiger partial charge in [-0.3, -0.25) is 9.69 Å². The van der Waals surface area contributed by atoms with Crippen molar-refractivity contribution in [2.75, 3.05) is 26.3 Å². The van der Waals surface area contributed by atoms with Crippen LogP contribution in [-0.4, -0.2) is 37.1 Å². The van der Waals surface area contributed by atoms with Gasteiger partial charge in [0.05, 0.1) is 12.6 Å². The summed E-state index contributed by atoms with van der Waals surface area (Å²) >= 11 is 5.94. The highest BCUT2D eigenvalue weighted by Gasteiger charge is 2.29. The van der Waals surface area contributed by atoms with Crippen molar-refractivity contribution in [1.82, 2.24) is 10.2 Å². The molecule has 2 aliphatic heterocycles. The molecule has 28 heavy (non-hydrogen) atoms. The minimum absolute atomic E-state index is 0.0342. The van der Waals surface area contributed by atoms with Gasteiger partial charge in [0.2, 0.25) is 5.91 Å². The number of amides is 1. The molecule has 2 aromatic rings. The first-order valence-electron chi connectivity index (χ1n) is 9.78. The fourth-order valence-corrected chi connectivity index (χ4v) is 4.09. The van der Waals surface area contributed by atoms with Crippen LogP contribution in [0.25, 0.3) is 0 Å². The van der Waals surface area contributed by atoms with Crippen molar-refractivity contribution in [3.05, 3.63) is 58.6 Å². The zero-order valence-corrected chi connectivity index (χ0v) is 16.7. The minimum Gasteiger partial charge on any atom is -0.486 e. The van der Waals surface area contributed by atoms with Crippen LogP contribution in [0, 0.1) is 0 Å². The summed E-state index contributed by atoms with van der Waals surface area (Å²) in [6.45, 7) is 4.46. The first-order chi connectivity index (χ1) is 13.6. The van der Waals surface area contributed by atoms with E-state index in [1.165, 1.54) is 5.56 Å². The van der Waals surface area contributed by atoms with E-state index in [0.717, 1.165) is 36.4 Å². The van der Waals surface area contributed by atoms with Gasteiger partial charge in [-0.1, -0.05) is 29.8 Å². The number of halogens is 1. The monoisotopic (exact) mass is 400 g/mol. The minimum atomic E-state index is -0.0555. The molecule has 5 nitrogen and oxygen atoms in total. The van der Waals surface area contributed by atoms with E-state index in [0.29, 0.717) is 24.8 Å².